The number of piperazine rings is 1. The molecule has 0 spiro atoms. The molecule has 1 aliphatic carbocycles. The van der Waals surface area contributed by atoms with Gasteiger partial charge in [0, 0.05) is 51.7 Å². The summed E-state index contributed by atoms with van der Waals surface area (Å²) >= 11 is 0. The van der Waals surface area contributed by atoms with Gasteiger partial charge in [-0.15, -0.1) is 0 Å². The summed E-state index contributed by atoms with van der Waals surface area (Å²) in [5.41, 5.74) is 0.906. The number of hydrogen-bond acceptors (Lipinski definition) is 4. The number of aromatic nitrogens is 1. The first kappa shape index (κ1) is 15.9. The van der Waals surface area contributed by atoms with E-state index in [1.54, 1.807) is 0 Å². The Bertz CT molecular complexity index is 449. The first-order chi connectivity index (χ1) is 10.6. The van der Waals surface area contributed by atoms with Crippen LogP contribution in [0.5, 0.6) is 0 Å². The van der Waals surface area contributed by atoms with Crippen molar-refractivity contribution in [1.29, 1.82) is 0 Å². The molecule has 0 unspecified atom stereocenters. The van der Waals surface area contributed by atoms with Gasteiger partial charge in [0.15, 0.2) is 0 Å². The number of aliphatic hydroxyl groups is 1. The van der Waals surface area contributed by atoms with E-state index in [4.69, 9.17) is 0 Å². The van der Waals surface area contributed by atoms with Crippen LogP contribution in [0.3, 0.4) is 0 Å². The molecule has 1 aliphatic heterocycles. The molecule has 0 aromatic carbocycles. The third-order valence-electron chi connectivity index (χ3n) is 5.34. The van der Waals surface area contributed by atoms with Crippen LogP contribution in [0.2, 0.25) is 0 Å². The summed E-state index contributed by atoms with van der Waals surface area (Å²) in [6.45, 7) is 8.51. The van der Waals surface area contributed by atoms with Gasteiger partial charge < -0.3 is 5.11 Å². The molecule has 1 N–H and O–H groups in total. The van der Waals surface area contributed by atoms with E-state index in [2.05, 4.69) is 33.8 Å². The molecule has 2 fully saturated rings. The topological polar surface area (TPSA) is 39.6 Å². The molecule has 1 saturated heterocycles. The molecular formula is C18H29N3O. The Morgan fingerprint density at radius 1 is 1.09 bits per heavy atom. The predicted molar refractivity (Wildman–Crippen MR) is 88.5 cm³/mol. The van der Waals surface area contributed by atoms with Crippen molar-refractivity contribution in [2.75, 3.05) is 32.7 Å². The minimum atomic E-state index is -0.431. The normalized spacial score (nSPS) is 31.3. The first-order valence-electron chi connectivity index (χ1n) is 8.69. The molecule has 4 nitrogen and oxygen atoms in total. The SMILES string of the molecule is CC1CCC(O)(CN2CCN(Cc3ccncc3)CC2)CC1. The molecule has 1 saturated carbocycles. The molecular weight excluding hydrogens is 274 g/mol. The molecule has 0 radical (unpaired) electrons. The van der Waals surface area contributed by atoms with Crippen LogP contribution in [0.25, 0.3) is 0 Å². The van der Waals surface area contributed by atoms with Gasteiger partial charge in [-0.2, -0.15) is 0 Å². The quantitative estimate of drug-likeness (QED) is 0.925. The van der Waals surface area contributed by atoms with Crippen molar-refractivity contribution in [3.63, 3.8) is 0 Å². The highest BCUT2D eigenvalue weighted by atomic mass is 16.3. The Kier molecular flexibility index (Phi) is 5.11. The lowest BCUT2D eigenvalue weighted by Crippen LogP contribution is -2.52. The lowest BCUT2D eigenvalue weighted by molar-refractivity contribution is -0.0437. The smallest absolute Gasteiger partial charge is 0.0774 e. The van der Waals surface area contributed by atoms with E-state index in [1.165, 1.54) is 18.4 Å². The molecule has 122 valence electrons. The second-order valence-corrected chi connectivity index (χ2v) is 7.31. The van der Waals surface area contributed by atoms with E-state index in [9.17, 15) is 5.11 Å². The Morgan fingerprint density at radius 3 is 2.32 bits per heavy atom. The summed E-state index contributed by atoms with van der Waals surface area (Å²) in [5, 5.41) is 10.8. The van der Waals surface area contributed by atoms with Crippen molar-refractivity contribution in [3.8, 4) is 0 Å². The summed E-state index contributed by atoms with van der Waals surface area (Å²) < 4.78 is 0. The zero-order valence-electron chi connectivity index (χ0n) is 13.7. The van der Waals surface area contributed by atoms with Gasteiger partial charge in [-0.1, -0.05) is 6.92 Å². The molecule has 2 heterocycles. The number of β-amino-alcohol motifs (C(OH)–C–C–N with tert-alkyl or cyclic N) is 1. The van der Waals surface area contributed by atoms with Crippen molar-refractivity contribution < 1.29 is 5.11 Å². The van der Waals surface area contributed by atoms with Crippen molar-refractivity contribution in [3.05, 3.63) is 30.1 Å². The van der Waals surface area contributed by atoms with E-state index < -0.39 is 5.60 Å². The predicted octanol–water partition coefficient (Wildman–Crippen LogP) is 2.14. The lowest BCUT2D eigenvalue weighted by Gasteiger charge is -2.42. The number of hydrogen-bond donors (Lipinski definition) is 1. The van der Waals surface area contributed by atoms with E-state index >= 15 is 0 Å². The second-order valence-electron chi connectivity index (χ2n) is 7.31. The van der Waals surface area contributed by atoms with Crippen molar-refractivity contribution in [2.45, 2.75) is 44.8 Å². The van der Waals surface area contributed by atoms with Crippen LogP contribution < -0.4 is 0 Å². The van der Waals surface area contributed by atoms with Gasteiger partial charge in [0.2, 0.25) is 0 Å². The largest absolute Gasteiger partial charge is 0.389 e. The maximum atomic E-state index is 10.8. The third-order valence-corrected chi connectivity index (χ3v) is 5.34. The summed E-state index contributed by atoms with van der Waals surface area (Å²) in [7, 11) is 0. The highest BCUT2D eigenvalue weighted by molar-refractivity contribution is 5.09. The van der Waals surface area contributed by atoms with Gasteiger partial charge in [-0.3, -0.25) is 14.8 Å². The van der Waals surface area contributed by atoms with E-state index in [1.807, 2.05) is 12.4 Å². The molecule has 3 rings (SSSR count). The minimum absolute atomic E-state index is 0.431. The molecule has 1 aromatic heterocycles. The van der Waals surface area contributed by atoms with E-state index in [0.717, 1.165) is 58.0 Å². The van der Waals surface area contributed by atoms with E-state index in [0.29, 0.717) is 0 Å². The lowest BCUT2D eigenvalue weighted by atomic mass is 9.79. The summed E-state index contributed by atoms with van der Waals surface area (Å²) in [4.78, 5) is 9.03. The molecule has 0 amide bonds. The standard InChI is InChI=1S/C18H29N3O/c1-16-2-6-18(22,7-3-16)15-21-12-10-20(11-13-21)14-17-4-8-19-9-5-17/h4-5,8-9,16,22H,2-3,6-7,10-15H2,1H3. The highest BCUT2D eigenvalue weighted by Crippen LogP contribution is 2.32. The van der Waals surface area contributed by atoms with Crippen LogP contribution in [0, 0.1) is 5.92 Å². The van der Waals surface area contributed by atoms with Crippen molar-refractivity contribution in [1.82, 2.24) is 14.8 Å². The molecule has 0 bridgehead atoms. The minimum Gasteiger partial charge on any atom is -0.389 e. The number of pyridine rings is 1. The van der Waals surface area contributed by atoms with Gasteiger partial charge in [0.1, 0.15) is 0 Å². The van der Waals surface area contributed by atoms with Gasteiger partial charge in [0.05, 0.1) is 5.60 Å². The fraction of sp³-hybridized carbons (Fsp3) is 0.722. The monoisotopic (exact) mass is 303 g/mol. The van der Waals surface area contributed by atoms with Crippen LogP contribution >= 0.6 is 0 Å². The number of nitrogens with zero attached hydrogens (tertiary/aromatic N) is 3. The van der Waals surface area contributed by atoms with Crippen LogP contribution in [0.4, 0.5) is 0 Å². The van der Waals surface area contributed by atoms with Crippen LogP contribution in [-0.2, 0) is 6.54 Å². The summed E-state index contributed by atoms with van der Waals surface area (Å²) in [6, 6.07) is 4.19. The first-order valence-corrected chi connectivity index (χ1v) is 8.69. The molecule has 1 aromatic rings. The Labute approximate surface area is 134 Å². The Hall–Kier alpha value is -0.970. The van der Waals surface area contributed by atoms with Crippen LogP contribution in [0.1, 0.15) is 38.2 Å². The highest BCUT2D eigenvalue weighted by Gasteiger charge is 2.34. The molecule has 2 aliphatic rings. The van der Waals surface area contributed by atoms with E-state index in [-0.39, 0.29) is 0 Å². The third kappa shape index (κ3) is 4.28. The molecule has 4 heteroatoms. The molecule has 22 heavy (non-hydrogen) atoms. The van der Waals surface area contributed by atoms with Crippen molar-refractivity contribution in [2.24, 2.45) is 5.92 Å². The maximum absolute atomic E-state index is 10.8. The summed E-state index contributed by atoms with van der Waals surface area (Å²) in [6.07, 6.45) is 8.05. The van der Waals surface area contributed by atoms with Crippen LogP contribution in [-0.4, -0.2) is 58.2 Å². The van der Waals surface area contributed by atoms with Gasteiger partial charge in [-0.25, -0.2) is 0 Å². The fourth-order valence-electron chi connectivity index (χ4n) is 3.73. The zero-order chi connectivity index (χ0) is 15.4. The average Bonchev–Trinajstić information content (AvgIpc) is 2.54. The van der Waals surface area contributed by atoms with Crippen LogP contribution in [0.15, 0.2) is 24.5 Å². The maximum Gasteiger partial charge on any atom is 0.0774 e. The van der Waals surface area contributed by atoms with Gasteiger partial charge in [0.25, 0.3) is 0 Å². The van der Waals surface area contributed by atoms with Crippen molar-refractivity contribution >= 4 is 0 Å². The summed E-state index contributed by atoms with van der Waals surface area (Å²) in [5.74, 6) is 0.789. The Morgan fingerprint density at radius 2 is 1.68 bits per heavy atom. The zero-order valence-corrected chi connectivity index (χ0v) is 13.7. The number of rotatable bonds is 4. The average molecular weight is 303 g/mol. The second kappa shape index (κ2) is 7.07. The van der Waals surface area contributed by atoms with Gasteiger partial charge >= 0.3 is 0 Å². The Balaban J connectivity index is 1.44. The fourth-order valence-corrected chi connectivity index (χ4v) is 3.73. The molecule has 0 atom stereocenters. The van der Waals surface area contributed by atoms with Gasteiger partial charge in [-0.05, 0) is 49.3 Å².